The molecule has 0 spiro atoms. The number of rotatable bonds is 6. The van der Waals surface area contributed by atoms with E-state index in [1.165, 1.54) is 5.56 Å². The molecule has 148 valence electrons. The summed E-state index contributed by atoms with van der Waals surface area (Å²) < 4.78 is 5.43. The van der Waals surface area contributed by atoms with E-state index >= 15 is 0 Å². The van der Waals surface area contributed by atoms with Gasteiger partial charge in [-0.3, -0.25) is 9.59 Å². The molecule has 0 radical (unpaired) electrons. The summed E-state index contributed by atoms with van der Waals surface area (Å²) in [4.78, 5) is 28.9. The number of hydrogen-bond donors (Lipinski definition) is 0. The van der Waals surface area contributed by atoms with Gasteiger partial charge in [0.15, 0.2) is 0 Å². The number of hydrogen-bond acceptors (Lipinski definition) is 3. The van der Waals surface area contributed by atoms with E-state index in [2.05, 4.69) is 6.92 Å². The molecular weight excluding hydrogens is 352 g/mol. The van der Waals surface area contributed by atoms with Crippen LogP contribution in [-0.2, 0) is 17.6 Å². The lowest BCUT2D eigenvalue weighted by Gasteiger charge is -2.35. The molecule has 5 heteroatoms. The monoisotopic (exact) mass is 380 g/mol. The van der Waals surface area contributed by atoms with Crippen molar-refractivity contribution in [1.82, 2.24) is 9.80 Å². The Morgan fingerprint density at radius 1 is 0.821 bits per heavy atom. The zero-order valence-electron chi connectivity index (χ0n) is 16.7. The summed E-state index contributed by atoms with van der Waals surface area (Å²) in [6, 6.07) is 15.5. The maximum absolute atomic E-state index is 12.7. The van der Waals surface area contributed by atoms with Crippen LogP contribution in [-0.4, -0.2) is 54.4 Å². The Balaban J connectivity index is 1.51. The summed E-state index contributed by atoms with van der Waals surface area (Å²) in [5, 5.41) is 0. The van der Waals surface area contributed by atoms with Gasteiger partial charge in [-0.2, -0.15) is 0 Å². The molecule has 2 aromatic rings. The molecule has 1 heterocycles. The topological polar surface area (TPSA) is 49.9 Å². The average Bonchev–Trinajstić information content (AvgIpc) is 2.75. The van der Waals surface area contributed by atoms with Gasteiger partial charge in [-0.15, -0.1) is 0 Å². The first-order chi connectivity index (χ1) is 13.6. The highest BCUT2D eigenvalue weighted by atomic mass is 16.5. The summed E-state index contributed by atoms with van der Waals surface area (Å²) in [7, 11) is 0. The van der Waals surface area contributed by atoms with Crippen molar-refractivity contribution in [2.45, 2.75) is 26.7 Å². The van der Waals surface area contributed by atoms with Gasteiger partial charge in [0.2, 0.25) is 5.91 Å². The average molecular weight is 380 g/mol. The second-order valence-electron chi connectivity index (χ2n) is 6.98. The van der Waals surface area contributed by atoms with Gasteiger partial charge in [-0.1, -0.05) is 31.2 Å². The van der Waals surface area contributed by atoms with Gasteiger partial charge in [0.25, 0.3) is 5.91 Å². The van der Waals surface area contributed by atoms with Crippen molar-refractivity contribution in [1.29, 1.82) is 0 Å². The smallest absolute Gasteiger partial charge is 0.253 e. The van der Waals surface area contributed by atoms with Crippen LogP contribution in [0.15, 0.2) is 48.5 Å². The van der Waals surface area contributed by atoms with Crippen molar-refractivity contribution in [3.05, 3.63) is 65.2 Å². The predicted octanol–water partition coefficient (Wildman–Crippen LogP) is 3.17. The molecule has 0 unspecified atom stereocenters. The van der Waals surface area contributed by atoms with E-state index in [9.17, 15) is 9.59 Å². The van der Waals surface area contributed by atoms with Gasteiger partial charge in [-0.05, 0) is 48.7 Å². The molecule has 28 heavy (non-hydrogen) atoms. The predicted molar refractivity (Wildman–Crippen MR) is 110 cm³/mol. The molecule has 5 nitrogen and oxygen atoms in total. The van der Waals surface area contributed by atoms with E-state index in [-0.39, 0.29) is 11.8 Å². The number of amides is 2. The fraction of sp³-hybridized carbons (Fsp3) is 0.391. The minimum atomic E-state index is 0.0428. The summed E-state index contributed by atoms with van der Waals surface area (Å²) >= 11 is 0. The highest BCUT2D eigenvalue weighted by molar-refractivity contribution is 5.94. The Morgan fingerprint density at radius 3 is 1.96 bits per heavy atom. The van der Waals surface area contributed by atoms with Gasteiger partial charge in [0.05, 0.1) is 13.0 Å². The maximum Gasteiger partial charge on any atom is 0.253 e. The number of ether oxygens (including phenoxy) is 1. The normalized spacial score (nSPS) is 14.1. The maximum atomic E-state index is 12.7. The van der Waals surface area contributed by atoms with Crippen molar-refractivity contribution in [3.8, 4) is 5.75 Å². The van der Waals surface area contributed by atoms with Crippen LogP contribution in [0.1, 0.15) is 35.3 Å². The van der Waals surface area contributed by atoms with Crippen molar-refractivity contribution < 1.29 is 14.3 Å². The fourth-order valence-corrected chi connectivity index (χ4v) is 3.38. The van der Waals surface area contributed by atoms with Gasteiger partial charge in [-0.25, -0.2) is 0 Å². The van der Waals surface area contributed by atoms with Crippen molar-refractivity contribution in [3.63, 3.8) is 0 Å². The second kappa shape index (κ2) is 9.40. The highest BCUT2D eigenvalue weighted by Gasteiger charge is 2.24. The summed E-state index contributed by atoms with van der Waals surface area (Å²) in [6.45, 7) is 6.97. The minimum absolute atomic E-state index is 0.0428. The number of carbonyl (C=O) groups is 2. The van der Waals surface area contributed by atoms with Crippen molar-refractivity contribution in [2.24, 2.45) is 0 Å². The van der Waals surface area contributed by atoms with Crippen LogP contribution in [0.2, 0.25) is 0 Å². The van der Waals surface area contributed by atoms with E-state index in [1.807, 2.05) is 65.3 Å². The lowest BCUT2D eigenvalue weighted by atomic mass is 10.1. The molecule has 0 atom stereocenters. The molecule has 0 N–H and O–H groups in total. The molecule has 0 saturated carbocycles. The number of aryl methyl sites for hydroxylation is 1. The van der Waals surface area contributed by atoms with Crippen LogP contribution in [0.4, 0.5) is 0 Å². The highest BCUT2D eigenvalue weighted by Crippen LogP contribution is 2.15. The first kappa shape index (κ1) is 19.9. The van der Waals surface area contributed by atoms with Crippen LogP contribution in [0.25, 0.3) is 0 Å². The Labute approximate surface area is 166 Å². The summed E-state index contributed by atoms with van der Waals surface area (Å²) in [5.41, 5.74) is 2.91. The zero-order valence-corrected chi connectivity index (χ0v) is 16.7. The molecule has 1 aliphatic heterocycles. The Morgan fingerprint density at radius 2 is 1.39 bits per heavy atom. The third-order valence-electron chi connectivity index (χ3n) is 5.12. The zero-order chi connectivity index (χ0) is 19.9. The summed E-state index contributed by atoms with van der Waals surface area (Å²) in [5.74, 6) is 0.961. The fourth-order valence-electron chi connectivity index (χ4n) is 3.38. The molecule has 1 fully saturated rings. The van der Waals surface area contributed by atoms with E-state index in [0.29, 0.717) is 44.8 Å². The minimum Gasteiger partial charge on any atom is -0.494 e. The number of carbonyl (C=O) groups excluding carboxylic acids is 2. The summed E-state index contributed by atoms with van der Waals surface area (Å²) in [6.07, 6.45) is 1.34. The van der Waals surface area contributed by atoms with Crippen molar-refractivity contribution >= 4 is 11.8 Å². The van der Waals surface area contributed by atoms with Crippen LogP contribution in [0.3, 0.4) is 0 Å². The molecule has 0 aliphatic carbocycles. The third kappa shape index (κ3) is 4.91. The molecule has 1 aliphatic rings. The quantitative estimate of drug-likeness (QED) is 0.773. The van der Waals surface area contributed by atoms with E-state index in [0.717, 1.165) is 17.7 Å². The molecule has 2 amide bonds. The Bertz CT molecular complexity index is 792. The molecular formula is C23H28N2O3. The number of piperazine rings is 1. The molecule has 3 rings (SSSR count). The molecule has 2 aromatic carbocycles. The molecule has 0 bridgehead atoms. The van der Waals surface area contributed by atoms with Gasteiger partial charge in [0, 0.05) is 31.7 Å². The van der Waals surface area contributed by atoms with Crippen LogP contribution in [0, 0.1) is 0 Å². The van der Waals surface area contributed by atoms with Crippen LogP contribution in [0.5, 0.6) is 5.75 Å². The lowest BCUT2D eigenvalue weighted by molar-refractivity contribution is -0.131. The van der Waals surface area contributed by atoms with E-state index < -0.39 is 0 Å². The third-order valence-corrected chi connectivity index (χ3v) is 5.12. The number of nitrogens with zero attached hydrogens (tertiary/aromatic N) is 2. The number of benzene rings is 2. The SMILES string of the molecule is CCOc1ccc(CC(=O)N2CCN(C(=O)c3ccc(CC)cc3)CC2)cc1. The largest absolute Gasteiger partial charge is 0.494 e. The van der Waals surface area contributed by atoms with Gasteiger partial charge < -0.3 is 14.5 Å². The lowest BCUT2D eigenvalue weighted by Crippen LogP contribution is -2.51. The molecule has 1 saturated heterocycles. The van der Waals surface area contributed by atoms with Crippen LogP contribution < -0.4 is 4.74 Å². The first-order valence-corrected chi connectivity index (χ1v) is 9.98. The Hall–Kier alpha value is -2.82. The van der Waals surface area contributed by atoms with E-state index in [1.54, 1.807) is 0 Å². The second-order valence-corrected chi connectivity index (χ2v) is 6.98. The van der Waals surface area contributed by atoms with Crippen molar-refractivity contribution in [2.75, 3.05) is 32.8 Å². The standard InChI is InChI=1S/C23H28N2O3/c1-3-18-5-9-20(10-6-18)23(27)25-15-13-24(14-16-25)22(26)17-19-7-11-21(12-8-19)28-4-2/h5-12H,3-4,13-17H2,1-2H3. The van der Waals surface area contributed by atoms with Crippen LogP contribution >= 0.6 is 0 Å². The molecule has 0 aromatic heterocycles. The van der Waals surface area contributed by atoms with E-state index in [4.69, 9.17) is 4.74 Å². The first-order valence-electron chi connectivity index (χ1n) is 9.98. The Kier molecular flexibility index (Phi) is 6.69. The van der Waals surface area contributed by atoms with Gasteiger partial charge >= 0.3 is 0 Å². The van der Waals surface area contributed by atoms with Gasteiger partial charge in [0.1, 0.15) is 5.75 Å².